The lowest BCUT2D eigenvalue weighted by Gasteiger charge is -2.22. The highest BCUT2D eigenvalue weighted by atomic mass is 16.6. The molecule has 1 amide bonds. The maximum absolute atomic E-state index is 11.9. The molecule has 6 heteroatoms. The first kappa shape index (κ1) is 16.8. The number of aryl methyl sites for hydroxylation is 1. The first-order chi connectivity index (χ1) is 11.2. The van der Waals surface area contributed by atoms with Gasteiger partial charge in [0, 0.05) is 7.79 Å². The van der Waals surface area contributed by atoms with Crippen LogP contribution in [0.1, 0.15) is 38.8 Å². The molecule has 1 aromatic rings. The molecule has 0 aliphatic rings. The number of nitriles is 1. The third-order valence-corrected chi connectivity index (χ3v) is 2.91. The van der Waals surface area contributed by atoms with E-state index in [9.17, 15) is 9.59 Å². The van der Waals surface area contributed by atoms with Crippen molar-refractivity contribution in [3.8, 4) is 6.07 Å². The molecule has 1 aromatic carbocycles. The van der Waals surface area contributed by atoms with Crippen LogP contribution in [-0.2, 0) is 20.7 Å². The van der Waals surface area contributed by atoms with Crippen LogP contribution in [0.3, 0.4) is 0 Å². The largest absolute Gasteiger partial charge is 0.467 e. The summed E-state index contributed by atoms with van der Waals surface area (Å²) in [5, 5.41) is 11.5. The zero-order valence-electron chi connectivity index (χ0n) is 14.8. The van der Waals surface area contributed by atoms with Gasteiger partial charge in [0.05, 0.1) is 18.7 Å². The monoisotopic (exact) mass is 319 g/mol. The molecule has 0 radical (unpaired) electrons. The van der Waals surface area contributed by atoms with Crippen molar-refractivity contribution in [1.29, 1.82) is 5.26 Å². The fourth-order valence-electron chi connectivity index (χ4n) is 1.90. The molecule has 6 nitrogen and oxygen atoms in total. The molecule has 0 saturated heterocycles. The SMILES string of the molecule is [2H]Cc1cc(C[C@H](NC(=O)OC(C)(C)C)C(=O)OC)ccc1C#N. The average molecular weight is 319 g/mol. The smallest absolute Gasteiger partial charge is 0.408 e. The minimum Gasteiger partial charge on any atom is -0.467 e. The number of amides is 1. The van der Waals surface area contributed by atoms with Crippen LogP contribution >= 0.6 is 0 Å². The summed E-state index contributed by atoms with van der Waals surface area (Å²) in [6, 6.07) is 6.06. The third kappa shape index (κ3) is 5.99. The normalized spacial score (nSPS) is 12.6. The van der Waals surface area contributed by atoms with Crippen molar-refractivity contribution in [2.24, 2.45) is 0 Å². The van der Waals surface area contributed by atoms with Gasteiger partial charge in [-0.25, -0.2) is 9.59 Å². The van der Waals surface area contributed by atoms with Crippen molar-refractivity contribution in [2.45, 2.75) is 45.7 Å². The van der Waals surface area contributed by atoms with Gasteiger partial charge < -0.3 is 14.8 Å². The molecule has 0 spiro atoms. The number of alkyl carbamates (subject to hydrolysis) is 1. The van der Waals surface area contributed by atoms with E-state index in [1.807, 2.05) is 6.07 Å². The molecule has 0 fully saturated rings. The summed E-state index contributed by atoms with van der Waals surface area (Å²) in [7, 11) is 1.24. The van der Waals surface area contributed by atoms with E-state index in [2.05, 4.69) is 5.32 Å². The predicted molar refractivity (Wildman–Crippen MR) is 84.8 cm³/mol. The summed E-state index contributed by atoms with van der Waals surface area (Å²) in [6.07, 6.45) is -0.544. The standard InChI is InChI=1S/C17H22N2O4/c1-11-8-12(6-7-13(11)10-18)9-14(15(20)22-5)19-16(21)23-17(2,3)4/h6-8,14H,9H2,1-5H3,(H,19,21)/t14-/m0/s1/i1D. The highest BCUT2D eigenvalue weighted by Gasteiger charge is 2.25. The average Bonchev–Trinajstić information content (AvgIpc) is 2.51. The number of methoxy groups -OCH3 is 1. The Morgan fingerprint density at radius 3 is 2.65 bits per heavy atom. The number of hydrogen-bond acceptors (Lipinski definition) is 5. The molecule has 0 bridgehead atoms. The highest BCUT2D eigenvalue weighted by Crippen LogP contribution is 2.13. The molecule has 0 heterocycles. The van der Waals surface area contributed by atoms with E-state index >= 15 is 0 Å². The van der Waals surface area contributed by atoms with Crippen molar-refractivity contribution in [1.82, 2.24) is 5.32 Å². The zero-order chi connectivity index (χ0) is 18.3. The fourth-order valence-corrected chi connectivity index (χ4v) is 1.90. The second kappa shape index (κ2) is 7.63. The van der Waals surface area contributed by atoms with Gasteiger partial charge in [-0.3, -0.25) is 0 Å². The molecule has 0 aromatic heterocycles. The topological polar surface area (TPSA) is 88.4 Å². The lowest BCUT2D eigenvalue weighted by molar-refractivity contribution is -0.143. The van der Waals surface area contributed by atoms with Gasteiger partial charge in [0.2, 0.25) is 0 Å². The molecule has 1 rings (SSSR count). The first-order valence-electron chi connectivity index (χ1n) is 7.79. The molecule has 1 N–H and O–H groups in total. The molecule has 0 saturated carbocycles. The Morgan fingerprint density at radius 2 is 2.13 bits per heavy atom. The number of benzene rings is 1. The lowest BCUT2D eigenvalue weighted by Crippen LogP contribution is -2.45. The zero-order valence-corrected chi connectivity index (χ0v) is 13.8. The van der Waals surface area contributed by atoms with Crippen molar-refractivity contribution >= 4 is 12.1 Å². The van der Waals surface area contributed by atoms with E-state index in [0.717, 1.165) is 0 Å². The Morgan fingerprint density at radius 1 is 1.43 bits per heavy atom. The van der Waals surface area contributed by atoms with Gasteiger partial charge in [0.1, 0.15) is 11.6 Å². The van der Waals surface area contributed by atoms with Crippen LogP contribution < -0.4 is 5.32 Å². The Kier molecular flexibility index (Phi) is 5.58. The third-order valence-electron chi connectivity index (χ3n) is 2.91. The number of carbonyl (C=O) groups is 2. The van der Waals surface area contributed by atoms with E-state index < -0.39 is 23.7 Å². The van der Waals surface area contributed by atoms with Crippen LogP contribution in [0.15, 0.2) is 18.2 Å². The van der Waals surface area contributed by atoms with E-state index in [4.69, 9.17) is 16.1 Å². The maximum Gasteiger partial charge on any atom is 0.408 e. The van der Waals surface area contributed by atoms with Crippen LogP contribution in [0.25, 0.3) is 0 Å². The summed E-state index contributed by atoms with van der Waals surface area (Å²) in [6.45, 7) is 5.13. The predicted octanol–water partition coefficient (Wildman–Crippen LogP) is 2.48. The van der Waals surface area contributed by atoms with Gasteiger partial charge in [0.25, 0.3) is 0 Å². The summed E-state index contributed by atoms with van der Waals surface area (Å²) in [5.41, 5.74) is 1.01. The number of hydrogen-bond donors (Lipinski definition) is 1. The summed E-state index contributed by atoms with van der Waals surface area (Å²) in [5.74, 6) is -0.599. The van der Waals surface area contributed by atoms with Gasteiger partial charge in [0.15, 0.2) is 0 Å². The Balaban J connectivity index is 2.93. The number of esters is 1. The second-order valence-corrected chi connectivity index (χ2v) is 6.03. The molecular formula is C17H22N2O4. The lowest BCUT2D eigenvalue weighted by atomic mass is 10.0. The van der Waals surface area contributed by atoms with E-state index in [0.29, 0.717) is 16.7 Å². The molecule has 0 aliphatic heterocycles. The molecule has 0 aliphatic carbocycles. The quantitative estimate of drug-likeness (QED) is 0.861. The minimum absolute atomic E-state index is 0.0425. The van der Waals surface area contributed by atoms with E-state index in [1.54, 1.807) is 39.0 Å². The van der Waals surface area contributed by atoms with E-state index in [-0.39, 0.29) is 13.3 Å². The molecule has 23 heavy (non-hydrogen) atoms. The fraction of sp³-hybridized carbons (Fsp3) is 0.471. The number of nitrogens with zero attached hydrogens (tertiary/aromatic N) is 1. The maximum atomic E-state index is 11.9. The number of carbonyl (C=O) groups excluding carboxylic acids is 2. The van der Waals surface area contributed by atoms with Crippen LogP contribution in [0.5, 0.6) is 0 Å². The molecule has 0 unspecified atom stereocenters. The van der Waals surface area contributed by atoms with E-state index in [1.165, 1.54) is 7.11 Å². The van der Waals surface area contributed by atoms with Crippen molar-refractivity contribution in [2.75, 3.05) is 7.11 Å². The van der Waals surface area contributed by atoms with Crippen molar-refractivity contribution in [3.63, 3.8) is 0 Å². The summed E-state index contributed by atoms with van der Waals surface area (Å²) in [4.78, 5) is 23.8. The second-order valence-electron chi connectivity index (χ2n) is 6.03. The highest BCUT2D eigenvalue weighted by molar-refractivity contribution is 5.81. The molecular weight excluding hydrogens is 296 g/mol. The Hall–Kier alpha value is -2.55. The summed E-state index contributed by atoms with van der Waals surface area (Å²) < 4.78 is 17.3. The van der Waals surface area contributed by atoms with Gasteiger partial charge in [-0.15, -0.1) is 0 Å². The van der Waals surface area contributed by atoms with Crippen LogP contribution in [0.2, 0.25) is 0 Å². The Bertz CT molecular complexity index is 647. The van der Waals surface area contributed by atoms with Gasteiger partial charge >= 0.3 is 12.1 Å². The molecule has 124 valence electrons. The number of ether oxygens (including phenoxy) is 2. The number of nitrogens with one attached hydrogen (secondary N) is 1. The van der Waals surface area contributed by atoms with Crippen molar-refractivity contribution in [3.05, 3.63) is 34.9 Å². The number of rotatable bonds is 4. The van der Waals surface area contributed by atoms with Gasteiger partial charge in [-0.1, -0.05) is 12.1 Å². The Labute approximate surface area is 137 Å². The van der Waals surface area contributed by atoms with Crippen molar-refractivity contribution < 1.29 is 20.4 Å². The van der Waals surface area contributed by atoms with Crippen LogP contribution in [-0.4, -0.2) is 30.8 Å². The first-order valence-corrected chi connectivity index (χ1v) is 7.08. The van der Waals surface area contributed by atoms with Crippen LogP contribution in [0.4, 0.5) is 4.79 Å². The summed E-state index contributed by atoms with van der Waals surface area (Å²) >= 11 is 0. The molecule has 1 atom stereocenters. The van der Waals surface area contributed by atoms with Gasteiger partial charge in [-0.05, 0) is 44.9 Å². The van der Waals surface area contributed by atoms with Crippen LogP contribution in [0, 0.1) is 18.2 Å². The van der Waals surface area contributed by atoms with Gasteiger partial charge in [-0.2, -0.15) is 5.26 Å². The minimum atomic E-state index is -0.920.